The van der Waals surface area contributed by atoms with Crippen molar-refractivity contribution >= 4 is 23.2 Å². The van der Waals surface area contributed by atoms with Gasteiger partial charge in [0.1, 0.15) is 5.82 Å². The standard InChI is InChI=1S/C14H17Cl2N3/c1-10(12-9-11(15)3-4-13(12)16)17-6-5-14-18-7-8-19(14)2/h3-4,7-10,17H,5-6H2,1-2H3. The van der Waals surface area contributed by atoms with Gasteiger partial charge in [0.2, 0.25) is 0 Å². The van der Waals surface area contributed by atoms with Crippen LogP contribution in [0.4, 0.5) is 0 Å². The average Bonchev–Trinajstić information content (AvgIpc) is 2.78. The minimum Gasteiger partial charge on any atom is -0.338 e. The molecule has 1 N–H and O–H groups in total. The molecule has 1 heterocycles. The van der Waals surface area contributed by atoms with Crippen LogP contribution in [0, 0.1) is 0 Å². The van der Waals surface area contributed by atoms with Crippen LogP contribution in [0.15, 0.2) is 30.6 Å². The Morgan fingerprint density at radius 2 is 2.16 bits per heavy atom. The van der Waals surface area contributed by atoms with E-state index in [0.717, 1.165) is 29.4 Å². The minimum absolute atomic E-state index is 0.159. The summed E-state index contributed by atoms with van der Waals surface area (Å²) in [5.74, 6) is 1.07. The Morgan fingerprint density at radius 1 is 1.37 bits per heavy atom. The smallest absolute Gasteiger partial charge is 0.109 e. The third-order valence-corrected chi connectivity index (χ3v) is 3.72. The first-order valence-electron chi connectivity index (χ1n) is 6.22. The van der Waals surface area contributed by atoms with Crippen LogP contribution >= 0.6 is 23.2 Å². The highest BCUT2D eigenvalue weighted by Gasteiger charge is 2.10. The molecule has 1 aromatic heterocycles. The average molecular weight is 298 g/mol. The van der Waals surface area contributed by atoms with Gasteiger partial charge in [0, 0.05) is 48.5 Å². The van der Waals surface area contributed by atoms with Gasteiger partial charge in [-0.3, -0.25) is 0 Å². The van der Waals surface area contributed by atoms with Gasteiger partial charge >= 0.3 is 0 Å². The van der Waals surface area contributed by atoms with Crippen LogP contribution in [0.2, 0.25) is 10.0 Å². The van der Waals surface area contributed by atoms with E-state index in [1.54, 1.807) is 6.07 Å². The molecule has 1 unspecified atom stereocenters. The van der Waals surface area contributed by atoms with Gasteiger partial charge in [0.25, 0.3) is 0 Å². The van der Waals surface area contributed by atoms with Gasteiger partial charge in [0.05, 0.1) is 0 Å². The van der Waals surface area contributed by atoms with Crippen LogP contribution in [0.1, 0.15) is 24.4 Å². The number of benzene rings is 1. The van der Waals surface area contributed by atoms with E-state index in [4.69, 9.17) is 23.2 Å². The number of nitrogens with zero attached hydrogens (tertiary/aromatic N) is 2. The highest BCUT2D eigenvalue weighted by atomic mass is 35.5. The van der Waals surface area contributed by atoms with Crippen LogP contribution in [0.3, 0.4) is 0 Å². The molecule has 1 aromatic carbocycles. The molecule has 0 aliphatic heterocycles. The molecule has 19 heavy (non-hydrogen) atoms. The molecule has 3 nitrogen and oxygen atoms in total. The van der Waals surface area contributed by atoms with Crippen molar-refractivity contribution in [3.63, 3.8) is 0 Å². The number of aromatic nitrogens is 2. The van der Waals surface area contributed by atoms with E-state index in [-0.39, 0.29) is 6.04 Å². The summed E-state index contributed by atoms with van der Waals surface area (Å²) >= 11 is 12.2. The Labute approximate surface area is 123 Å². The van der Waals surface area contributed by atoms with Crippen molar-refractivity contribution in [3.8, 4) is 0 Å². The molecule has 0 aliphatic carbocycles. The number of halogens is 2. The molecular formula is C14H17Cl2N3. The van der Waals surface area contributed by atoms with Crippen molar-refractivity contribution in [1.29, 1.82) is 0 Å². The van der Waals surface area contributed by atoms with Gasteiger partial charge in [-0.1, -0.05) is 23.2 Å². The number of nitrogens with one attached hydrogen (secondary N) is 1. The van der Waals surface area contributed by atoms with Gasteiger partial charge in [-0.2, -0.15) is 0 Å². The summed E-state index contributed by atoms with van der Waals surface area (Å²) < 4.78 is 2.03. The van der Waals surface area contributed by atoms with Gasteiger partial charge in [-0.25, -0.2) is 4.98 Å². The van der Waals surface area contributed by atoms with E-state index >= 15 is 0 Å². The SMILES string of the molecule is CC(NCCc1nccn1C)c1cc(Cl)ccc1Cl. The molecular weight excluding hydrogens is 281 g/mol. The lowest BCUT2D eigenvalue weighted by Gasteiger charge is -2.16. The third kappa shape index (κ3) is 3.72. The quantitative estimate of drug-likeness (QED) is 0.913. The van der Waals surface area contributed by atoms with Gasteiger partial charge in [-0.05, 0) is 30.7 Å². The Hall–Kier alpha value is -1.03. The zero-order valence-corrected chi connectivity index (χ0v) is 12.5. The summed E-state index contributed by atoms with van der Waals surface area (Å²) in [7, 11) is 2.00. The van der Waals surface area contributed by atoms with E-state index in [9.17, 15) is 0 Å². The van der Waals surface area contributed by atoms with Crippen LogP contribution in [-0.4, -0.2) is 16.1 Å². The minimum atomic E-state index is 0.159. The molecule has 0 radical (unpaired) electrons. The second kappa shape index (κ2) is 6.42. The molecule has 1 atom stereocenters. The van der Waals surface area contributed by atoms with E-state index in [0.29, 0.717) is 5.02 Å². The Bertz CT molecular complexity index is 551. The first-order valence-corrected chi connectivity index (χ1v) is 6.98. The van der Waals surface area contributed by atoms with Crippen LogP contribution in [0.25, 0.3) is 0 Å². The van der Waals surface area contributed by atoms with Gasteiger partial charge in [0.15, 0.2) is 0 Å². The normalized spacial score (nSPS) is 12.6. The van der Waals surface area contributed by atoms with E-state index < -0.39 is 0 Å². The number of imidazole rings is 1. The summed E-state index contributed by atoms with van der Waals surface area (Å²) in [4.78, 5) is 4.29. The van der Waals surface area contributed by atoms with Crippen LogP contribution in [0.5, 0.6) is 0 Å². The largest absolute Gasteiger partial charge is 0.338 e. The Morgan fingerprint density at radius 3 is 2.84 bits per heavy atom. The van der Waals surface area contributed by atoms with E-state index in [1.165, 1.54) is 0 Å². The molecule has 5 heteroatoms. The predicted octanol–water partition coefficient (Wildman–Crippen LogP) is 3.62. The van der Waals surface area contributed by atoms with Crippen molar-refractivity contribution in [2.24, 2.45) is 7.05 Å². The molecule has 2 rings (SSSR count). The lowest BCUT2D eigenvalue weighted by atomic mass is 10.1. The third-order valence-electron chi connectivity index (χ3n) is 3.14. The number of rotatable bonds is 5. The number of hydrogen-bond donors (Lipinski definition) is 1. The van der Waals surface area contributed by atoms with E-state index in [2.05, 4.69) is 17.2 Å². The summed E-state index contributed by atoms with van der Waals surface area (Å²) in [6.45, 7) is 2.92. The van der Waals surface area contributed by atoms with Crippen molar-refractivity contribution in [2.45, 2.75) is 19.4 Å². The first-order chi connectivity index (χ1) is 9.08. The summed E-state index contributed by atoms with van der Waals surface area (Å²) in [5, 5.41) is 4.88. The molecule has 0 saturated heterocycles. The number of aryl methyl sites for hydroxylation is 1. The molecule has 0 saturated carbocycles. The van der Waals surface area contributed by atoms with Crippen molar-refractivity contribution < 1.29 is 0 Å². The summed E-state index contributed by atoms with van der Waals surface area (Å²) in [6, 6.07) is 5.69. The van der Waals surface area contributed by atoms with Crippen LogP contribution in [-0.2, 0) is 13.5 Å². The van der Waals surface area contributed by atoms with Crippen molar-refractivity contribution in [2.75, 3.05) is 6.54 Å². The Kier molecular flexibility index (Phi) is 4.86. The molecule has 0 fully saturated rings. The second-order valence-corrected chi connectivity index (χ2v) is 5.39. The monoisotopic (exact) mass is 297 g/mol. The maximum atomic E-state index is 6.18. The highest BCUT2D eigenvalue weighted by molar-refractivity contribution is 6.33. The fraction of sp³-hybridized carbons (Fsp3) is 0.357. The zero-order valence-electron chi connectivity index (χ0n) is 11.0. The Balaban J connectivity index is 1.92. The van der Waals surface area contributed by atoms with Crippen molar-refractivity contribution in [1.82, 2.24) is 14.9 Å². The molecule has 0 amide bonds. The lowest BCUT2D eigenvalue weighted by molar-refractivity contribution is 0.565. The van der Waals surface area contributed by atoms with Gasteiger partial charge in [-0.15, -0.1) is 0 Å². The molecule has 0 spiro atoms. The first kappa shape index (κ1) is 14.4. The fourth-order valence-electron chi connectivity index (χ4n) is 1.99. The maximum Gasteiger partial charge on any atom is 0.109 e. The molecule has 0 aliphatic rings. The lowest BCUT2D eigenvalue weighted by Crippen LogP contribution is -2.22. The van der Waals surface area contributed by atoms with Gasteiger partial charge < -0.3 is 9.88 Å². The summed E-state index contributed by atoms with van der Waals surface area (Å²) in [6.07, 6.45) is 4.64. The second-order valence-electron chi connectivity index (χ2n) is 4.55. The fourth-order valence-corrected chi connectivity index (χ4v) is 2.46. The van der Waals surface area contributed by atoms with E-state index in [1.807, 2.05) is 36.1 Å². The zero-order chi connectivity index (χ0) is 13.8. The predicted molar refractivity (Wildman–Crippen MR) is 79.8 cm³/mol. The molecule has 2 aromatic rings. The van der Waals surface area contributed by atoms with Crippen molar-refractivity contribution in [3.05, 3.63) is 52.0 Å². The highest BCUT2D eigenvalue weighted by Crippen LogP contribution is 2.25. The maximum absolute atomic E-state index is 6.18. The number of hydrogen-bond acceptors (Lipinski definition) is 2. The summed E-state index contributed by atoms with van der Waals surface area (Å²) in [5.41, 5.74) is 1.02. The van der Waals surface area contributed by atoms with Crippen LogP contribution < -0.4 is 5.32 Å². The molecule has 102 valence electrons. The molecule has 0 bridgehead atoms. The topological polar surface area (TPSA) is 29.9 Å².